The van der Waals surface area contributed by atoms with Crippen LogP contribution in [-0.2, 0) is 20.9 Å². The van der Waals surface area contributed by atoms with Crippen molar-refractivity contribution in [3.8, 4) is 0 Å². The third-order valence-corrected chi connectivity index (χ3v) is 5.20. The van der Waals surface area contributed by atoms with Crippen molar-refractivity contribution >= 4 is 11.8 Å². The van der Waals surface area contributed by atoms with E-state index in [4.69, 9.17) is 4.74 Å². The molecule has 0 unspecified atom stereocenters. The highest BCUT2D eigenvalue weighted by molar-refractivity contribution is 6.05. The van der Waals surface area contributed by atoms with Crippen LogP contribution in [0.1, 0.15) is 31.7 Å². The zero-order valence-corrected chi connectivity index (χ0v) is 12.8. The maximum Gasteiger partial charge on any atom is 0.320 e. The molecule has 2 saturated heterocycles. The van der Waals surface area contributed by atoms with Crippen LogP contribution >= 0.6 is 0 Å². The number of piperidine rings is 1. The van der Waals surface area contributed by atoms with Gasteiger partial charge in [0.25, 0.3) is 0 Å². The molecule has 4 nitrogen and oxygen atoms in total. The molecule has 2 fully saturated rings. The fraction of sp³-hybridized carbons (Fsp3) is 0.529. The van der Waals surface area contributed by atoms with E-state index in [-0.39, 0.29) is 23.7 Å². The Morgan fingerprint density at radius 3 is 2.68 bits per heavy atom. The van der Waals surface area contributed by atoms with Crippen molar-refractivity contribution < 1.29 is 18.7 Å². The van der Waals surface area contributed by atoms with Crippen LogP contribution in [0.5, 0.6) is 0 Å². The molecule has 0 N–H and O–H groups in total. The molecule has 0 amide bonds. The van der Waals surface area contributed by atoms with E-state index in [1.807, 2.05) is 0 Å². The van der Waals surface area contributed by atoms with Gasteiger partial charge in [-0.2, -0.15) is 0 Å². The summed E-state index contributed by atoms with van der Waals surface area (Å²) in [4.78, 5) is 26.9. The third kappa shape index (κ3) is 2.24. The highest BCUT2D eigenvalue weighted by Crippen LogP contribution is 2.45. The second-order valence-electron chi connectivity index (χ2n) is 6.37. The van der Waals surface area contributed by atoms with E-state index >= 15 is 0 Å². The molecule has 5 heteroatoms. The van der Waals surface area contributed by atoms with E-state index in [0.717, 1.165) is 18.4 Å². The highest BCUT2D eigenvalue weighted by Gasteiger charge is 2.58. The zero-order chi connectivity index (χ0) is 15.9. The largest absolute Gasteiger partial charge is 0.468 e. The minimum atomic E-state index is -1.10. The van der Waals surface area contributed by atoms with Gasteiger partial charge in [-0.25, -0.2) is 4.39 Å². The molecule has 0 aliphatic carbocycles. The Labute approximate surface area is 129 Å². The quantitative estimate of drug-likeness (QED) is 0.635. The first kappa shape index (κ1) is 15.2. The van der Waals surface area contributed by atoms with Crippen molar-refractivity contribution in [3.63, 3.8) is 0 Å². The molecule has 0 saturated carbocycles. The maximum absolute atomic E-state index is 13.0. The van der Waals surface area contributed by atoms with Crippen LogP contribution in [0.3, 0.4) is 0 Å². The molecule has 22 heavy (non-hydrogen) atoms. The van der Waals surface area contributed by atoms with Crippen LogP contribution in [0.2, 0.25) is 0 Å². The number of carbonyl (C=O) groups excluding carboxylic acids is 2. The van der Waals surface area contributed by atoms with Crippen LogP contribution in [-0.4, -0.2) is 35.8 Å². The van der Waals surface area contributed by atoms with Gasteiger partial charge in [0.05, 0.1) is 7.11 Å². The average Bonchev–Trinajstić information content (AvgIpc) is 2.84. The summed E-state index contributed by atoms with van der Waals surface area (Å²) in [6.07, 6.45) is 2.09. The lowest BCUT2D eigenvalue weighted by Crippen LogP contribution is -2.58. The number of Topliss-reactive ketones (excluding diaryl/α,β-unsaturated/α-hetero) is 1. The van der Waals surface area contributed by atoms with Gasteiger partial charge < -0.3 is 4.74 Å². The van der Waals surface area contributed by atoms with Gasteiger partial charge in [0.15, 0.2) is 5.78 Å². The summed E-state index contributed by atoms with van der Waals surface area (Å²) in [5.41, 5.74) is -0.109. The number of esters is 1. The summed E-state index contributed by atoms with van der Waals surface area (Å²) in [6, 6.07) is 6.40. The number of halogens is 1. The fourth-order valence-corrected chi connectivity index (χ4v) is 3.89. The molecule has 0 aromatic heterocycles. The Kier molecular flexibility index (Phi) is 3.77. The fourth-order valence-electron chi connectivity index (χ4n) is 3.89. The topological polar surface area (TPSA) is 46.6 Å². The monoisotopic (exact) mass is 305 g/mol. The summed E-state index contributed by atoms with van der Waals surface area (Å²) >= 11 is 0. The minimum absolute atomic E-state index is 0.0257. The van der Waals surface area contributed by atoms with Crippen LogP contribution in [0.4, 0.5) is 4.39 Å². The first-order chi connectivity index (χ1) is 10.5. The molecule has 3 rings (SSSR count). The smallest absolute Gasteiger partial charge is 0.320 e. The van der Waals surface area contributed by atoms with Crippen molar-refractivity contribution in [2.24, 2.45) is 5.41 Å². The lowest BCUT2D eigenvalue weighted by atomic mass is 9.74. The van der Waals surface area contributed by atoms with Crippen molar-refractivity contribution in [1.82, 2.24) is 4.90 Å². The zero-order valence-electron chi connectivity index (χ0n) is 12.8. The van der Waals surface area contributed by atoms with Crippen molar-refractivity contribution in [1.29, 1.82) is 0 Å². The van der Waals surface area contributed by atoms with Gasteiger partial charge in [0.2, 0.25) is 0 Å². The second kappa shape index (κ2) is 5.47. The molecule has 2 aliphatic rings. The lowest BCUT2D eigenvalue weighted by molar-refractivity contribution is -0.165. The van der Waals surface area contributed by atoms with Crippen molar-refractivity contribution in [2.75, 3.05) is 7.11 Å². The van der Waals surface area contributed by atoms with Crippen LogP contribution in [0, 0.1) is 11.2 Å². The Bertz CT molecular complexity index is 600. The van der Waals surface area contributed by atoms with Crippen LogP contribution in [0.15, 0.2) is 24.3 Å². The molecule has 1 aromatic rings. The Morgan fingerprint density at radius 2 is 2.05 bits per heavy atom. The number of rotatable bonds is 3. The van der Waals surface area contributed by atoms with E-state index in [9.17, 15) is 14.0 Å². The molecule has 0 spiro atoms. The molecule has 2 aliphatic heterocycles. The summed E-state index contributed by atoms with van der Waals surface area (Å²) in [6.45, 7) is 2.32. The summed E-state index contributed by atoms with van der Waals surface area (Å²) in [7, 11) is 1.33. The van der Waals surface area contributed by atoms with Crippen LogP contribution < -0.4 is 0 Å². The summed E-state index contributed by atoms with van der Waals surface area (Å²) < 4.78 is 17.9. The SMILES string of the molecule is COC(=O)[C@@]1(C)C(=O)C[C@H]2CC[C@@H]1N2Cc1ccc(F)cc1. The number of fused-ring (bicyclic) bond motifs is 2. The van der Waals surface area contributed by atoms with Gasteiger partial charge in [-0.15, -0.1) is 0 Å². The molecular formula is C17H20FNO3. The Morgan fingerprint density at radius 1 is 1.36 bits per heavy atom. The highest BCUT2D eigenvalue weighted by atomic mass is 19.1. The standard InChI is InChI=1S/C17H20FNO3/c1-17(16(21)22-2)14-8-7-13(9-15(17)20)19(14)10-11-3-5-12(18)6-4-11/h3-6,13-14H,7-10H2,1-2H3/t13-,14+,17-/m1/s1. The third-order valence-electron chi connectivity index (χ3n) is 5.20. The molecule has 1 aromatic carbocycles. The number of nitrogens with zero attached hydrogens (tertiary/aromatic N) is 1. The molecular weight excluding hydrogens is 285 g/mol. The number of methoxy groups -OCH3 is 1. The normalized spacial score (nSPS) is 31.3. The Hall–Kier alpha value is -1.75. The Balaban J connectivity index is 1.88. The van der Waals surface area contributed by atoms with Gasteiger partial charge >= 0.3 is 5.97 Å². The average molecular weight is 305 g/mol. The molecule has 2 heterocycles. The second-order valence-corrected chi connectivity index (χ2v) is 6.37. The summed E-state index contributed by atoms with van der Waals surface area (Å²) in [5, 5.41) is 0. The molecule has 3 atom stereocenters. The number of ketones is 1. The minimum Gasteiger partial charge on any atom is -0.468 e. The maximum atomic E-state index is 13.0. The van der Waals surface area contributed by atoms with Gasteiger partial charge in [0.1, 0.15) is 11.2 Å². The van der Waals surface area contributed by atoms with Gasteiger partial charge in [-0.05, 0) is 37.5 Å². The van der Waals surface area contributed by atoms with Gasteiger partial charge in [-0.1, -0.05) is 12.1 Å². The number of benzene rings is 1. The number of ether oxygens (including phenoxy) is 1. The van der Waals surface area contributed by atoms with E-state index in [1.165, 1.54) is 19.2 Å². The van der Waals surface area contributed by atoms with Crippen molar-refractivity contribution in [2.45, 2.75) is 44.8 Å². The first-order valence-electron chi connectivity index (χ1n) is 7.58. The summed E-state index contributed by atoms with van der Waals surface area (Å²) in [5.74, 6) is -0.742. The van der Waals surface area contributed by atoms with E-state index in [1.54, 1.807) is 19.1 Å². The van der Waals surface area contributed by atoms with Gasteiger partial charge in [-0.3, -0.25) is 14.5 Å². The predicted octanol–water partition coefficient (Wildman–Crippen LogP) is 2.31. The first-order valence-corrected chi connectivity index (χ1v) is 7.58. The molecule has 0 radical (unpaired) electrons. The van der Waals surface area contributed by atoms with Crippen molar-refractivity contribution in [3.05, 3.63) is 35.6 Å². The predicted molar refractivity (Wildman–Crippen MR) is 78.5 cm³/mol. The molecule has 2 bridgehead atoms. The van der Waals surface area contributed by atoms with Gasteiger partial charge in [0, 0.05) is 25.0 Å². The molecule has 118 valence electrons. The number of hydrogen-bond donors (Lipinski definition) is 0. The van der Waals surface area contributed by atoms with E-state index in [0.29, 0.717) is 13.0 Å². The van der Waals surface area contributed by atoms with Crippen LogP contribution in [0.25, 0.3) is 0 Å². The number of carbonyl (C=O) groups is 2. The number of hydrogen-bond acceptors (Lipinski definition) is 4. The lowest BCUT2D eigenvalue weighted by Gasteiger charge is -2.43. The van der Waals surface area contributed by atoms with E-state index < -0.39 is 11.4 Å². The van der Waals surface area contributed by atoms with E-state index in [2.05, 4.69) is 4.90 Å².